The molecule has 0 atom stereocenters. The third-order valence-electron chi connectivity index (χ3n) is 1.56. The summed E-state index contributed by atoms with van der Waals surface area (Å²) < 4.78 is 39.2. The van der Waals surface area contributed by atoms with Crippen LogP contribution in [-0.2, 0) is 0 Å². The van der Waals surface area contributed by atoms with Crippen LogP contribution in [-0.4, -0.2) is 18.1 Å². The second-order valence-electron chi connectivity index (χ2n) is 2.76. The molecule has 0 heterocycles. The predicted molar refractivity (Wildman–Crippen MR) is 51.5 cm³/mol. The molecule has 0 aliphatic carbocycles. The second kappa shape index (κ2) is 4.77. The van der Waals surface area contributed by atoms with Crippen molar-refractivity contribution in [2.75, 3.05) is 12.3 Å². The Bertz CT molecular complexity index is 432. The summed E-state index contributed by atoms with van der Waals surface area (Å²) in [5.74, 6) is 4.42. The minimum absolute atomic E-state index is 0.0581. The molecule has 0 radical (unpaired) electrons. The largest absolute Gasteiger partial charge is 0.573 e. The lowest BCUT2D eigenvalue weighted by Crippen LogP contribution is -2.17. The maximum absolute atomic E-state index is 11.9. The number of alkyl halides is 3. The molecule has 86 valence electrons. The Kier molecular flexibility index (Phi) is 3.64. The zero-order valence-electron chi connectivity index (χ0n) is 8.01. The first-order chi connectivity index (χ1) is 7.42. The lowest BCUT2D eigenvalue weighted by Gasteiger charge is -2.09. The van der Waals surface area contributed by atoms with E-state index in [9.17, 15) is 13.2 Å². The number of benzene rings is 1. The summed E-state index contributed by atoms with van der Waals surface area (Å²) in [4.78, 5) is 0. The van der Waals surface area contributed by atoms with E-state index in [1.54, 1.807) is 0 Å². The number of nitrogen functional groups attached to an aromatic ring is 1. The van der Waals surface area contributed by atoms with Crippen molar-refractivity contribution >= 4 is 5.69 Å². The van der Waals surface area contributed by atoms with Crippen LogP contribution in [0, 0.1) is 11.8 Å². The average molecular weight is 231 g/mol. The lowest BCUT2D eigenvalue weighted by atomic mass is 10.2. The van der Waals surface area contributed by atoms with Crippen molar-refractivity contribution < 1.29 is 23.0 Å². The number of aliphatic hydroxyl groups is 1. The molecular weight excluding hydrogens is 223 g/mol. The number of halogens is 3. The highest BCUT2D eigenvalue weighted by atomic mass is 19.4. The molecule has 6 heteroatoms. The first-order valence-electron chi connectivity index (χ1n) is 4.17. The average Bonchev–Trinajstić information content (AvgIpc) is 2.14. The lowest BCUT2D eigenvalue weighted by molar-refractivity contribution is -0.274. The molecule has 3 nitrogen and oxygen atoms in total. The summed E-state index contributed by atoms with van der Waals surface area (Å²) in [7, 11) is 0. The summed E-state index contributed by atoms with van der Waals surface area (Å²) in [6.07, 6.45) is -4.75. The normalized spacial score (nSPS) is 10.5. The molecule has 0 saturated heterocycles. The van der Waals surface area contributed by atoms with Gasteiger partial charge in [-0.3, -0.25) is 0 Å². The fraction of sp³-hybridized carbons (Fsp3) is 0.200. The molecule has 1 rings (SSSR count). The maximum Gasteiger partial charge on any atom is 0.573 e. The number of aliphatic hydroxyl groups excluding tert-OH is 1. The van der Waals surface area contributed by atoms with E-state index in [1.165, 1.54) is 6.07 Å². The van der Waals surface area contributed by atoms with Gasteiger partial charge in [-0.2, -0.15) is 0 Å². The first kappa shape index (κ1) is 12.2. The van der Waals surface area contributed by atoms with E-state index in [2.05, 4.69) is 16.6 Å². The molecule has 0 aliphatic heterocycles. The van der Waals surface area contributed by atoms with Gasteiger partial charge in [-0.15, -0.1) is 13.2 Å². The van der Waals surface area contributed by atoms with Gasteiger partial charge in [0.25, 0.3) is 0 Å². The minimum Gasteiger partial charge on any atom is -0.406 e. The fourth-order valence-electron chi connectivity index (χ4n) is 0.987. The van der Waals surface area contributed by atoms with Gasteiger partial charge in [-0.05, 0) is 12.1 Å². The number of nitrogens with two attached hydrogens (primary N) is 1. The van der Waals surface area contributed by atoms with E-state index in [1.807, 2.05) is 0 Å². The van der Waals surface area contributed by atoms with E-state index in [-0.39, 0.29) is 12.3 Å². The Morgan fingerprint density at radius 1 is 1.38 bits per heavy atom. The molecule has 0 spiro atoms. The molecule has 0 amide bonds. The zero-order valence-corrected chi connectivity index (χ0v) is 8.01. The summed E-state index contributed by atoms with van der Waals surface area (Å²) in [5, 5.41) is 8.44. The summed E-state index contributed by atoms with van der Waals surface area (Å²) in [5.41, 5.74) is 5.84. The fourth-order valence-corrected chi connectivity index (χ4v) is 0.987. The third-order valence-corrected chi connectivity index (χ3v) is 1.56. The number of ether oxygens (including phenoxy) is 1. The Morgan fingerprint density at radius 2 is 2.06 bits per heavy atom. The smallest absolute Gasteiger partial charge is 0.406 e. The quantitative estimate of drug-likeness (QED) is 0.569. The van der Waals surface area contributed by atoms with Crippen molar-refractivity contribution in [3.8, 4) is 17.6 Å². The van der Waals surface area contributed by atoms with Crippen molar-refractivity contribution in [3.63, 3.8) is 0 Å². The van der Waals surface area contributed by atoms with Crippen LogP contribution in [0.25, 0.3) is 0 Å². The molecule has 0 bridgehead atoms. The molecule has 3 N–H and O–H groups in total. The summed E-state index contributed by atoms with van der Waals surface area (Å²) in [6.45, 7) is -0.347. The summed E-state index contributed by atoms with van der Waals surface area (Å²) in [6, 6.07) is 3.42. The first-order valence-corrected chi connectivity index (χ1v) is 4.17. The molecule has 0 unspecified atom stereocenters. The van der Waals surface area contributed by atoms with Crippen LogP contribution in [0.2, 0.25) is 0 Å². The highest BCUT2D eigenvalue weighted by Crippen LogP contribution is 2.25. The van der Waals surface area contributed by atoms with Crippen LogP contribution in [0.1, 0.15) is 5.56 Å². The third kappa shape index (κ3) is 3.71. The van der Waals surface area contributed by atoms with Gasteiger partial charge in [0.1, 0.15) is 12.4 Å². The molecule has 0 saturated carbocycles. The van der Waals surface area contributed by atoms with Crippen molar-refractivity contribution in [2.24, 2.45) is 0 Å². The van der Waals surface area contributed by atoms with Crippen molar-refractivity contribution in [2.45, 2.75) is 6.36 Å². The van der Waals surface area contributed by atoms with E-state index in [4.69, 9.17) is 10.8 Å². The van der Waals surface area contributed by atoms with Gasteiger partial charge >= 0.3 is 6.36 Å². The topological polar surface area (TPSA) is 55.5 Å². The van der Waals surface area contributed by atoms with Crippen LogP contribution in [0.4, 0.5) is 18.9 Å². The van der Waals surface area contributed by atoms with Crippen LogP contribution < -0.4 is 10.5 Å². The number of rotatable bonds is 1. The van der Waals surface area contributed by atoms with Crippen LogP contribution >= 0.6 is 0 Å². The van der Waals surface area contributed by atoms with Crippen LogP contribution in [0.5, 0.6) is 5.75 Å². The van der Waals surface area contributed by atoms with Crippen molar-refractivity contribution in [3.05, 3.63) is 23.8 Å². The molecular formula is C10H8F3NO2. The Hall–Kier alpha value is -1.87. The number of anilines is 1. The van der Waals surface area contributed by atoms with Gasteiger partial charge in [0, 0.05) is 11.6 Å². The highest BCUT2D eigenvalue weighted by Gasteiger charge is 2.31. The van der Waals surface area contributed by atoms with Gasteiger partial charge in [-0.25, -0.2) is 0 Å². The van der Waals surface area contributed by atoms with E-state index in [0.717, 1.165) is 12.1 Å². The van der Waals surface area contributed by atoms with E-state index < -0.39 is 12.1 Å². The van der Waals surface area contributed by atoms with Gasteiger partial charge in [0.2, 0.25) is 0 Å². The van der Waals surface area contributed by atoms with Gasteiger partial charge in [-0.1, -0.05) is 11.8 Å². The molecule has 16 heavy (non-hydrogen) atoms. The Balaban J connectivity index is 2.91. The summed E-state index contributed by atoms with van der Waals surface area (Å²) >= 11 is 0. The van der Waals surface area contributed by atoms with Gasteiger partial charge in [0.05, 0.1) is 5.69 Å². The Labute approximate surface area is 89.6 Å². The monoisotopic (exact) mass is 231 g/mol. The Morgan fingerprint density at radius 3 is 2.56 bits per heavy atom. The van der Waals surface area contributed by atoms with Gasteiger partial charge < -0.3 is 15.6 Å². The molecule has 0 aliphatic rings. The molecule has 0 aromatic heterocycles. The minimum atomic E-state index is -4.75. The van der Waals surface area contributed by atoms with Gasteiger partial charge in [0.15, 0.2) is 0 Å². The highest BCUT2D eigenvalue weighted by molar-refractivity contribution is 5.58. The van der Waals surface area contributed by atoms with Crippen molar-refractivity contribution in [1.29, 1.82) is 0 Å². The number of hydrogen-bond donors (Lipinski definition) is 2. The number of hydrogen-bond acceptors (Lipinski definition) is 3. The predicted octanol–water partition coefficient (Wildman–Crippen LogP) is 1.51. The van der Waals surface area contributed by atoms with Crippen LogP contribution in [0.3, 0.4) is 0 Å². The molecule has 1 aromatic rings. The van der Waals surface area contributed by atoms with Crippen LogP contribution in [0.15, 0.2) is 18.2 Å². The van der Waals surface area contributed by atoms with Crippen molar-refractivity contribution in [1.82, 2.24) is 0 Å². The molecule has 0 fully saturated rings. The standard InChI is InChI=1S/C10H8F3NO2/c11-10(12,13)16-8-4-3-7(2-1-5-15)9(14)6-8/h3-4,6,15H,5,14H2. The maximum atomic E-state index is 11.9. The SMILES string of the molecule is Nc1cc(OC(F)(F)F)ccc1C#CCO. The second-order valence-corrected chi connectivity index (χ2v) is 2.76. The molecule has 1 aromatic carbocycles. The van der Waals surface area contributed by atoms with E-state index in [0.29, 0.717) is 5.56 Å². The zero-order chi connectivity index (χ0) is 12.2. The van der Waals surface area contributed by atoms with E-state index >= 15 is 0 Å².